The molecule has 0 heterocycles. The molecule has 110 valence electrons. The maximum absolute atomic E-state index is 11.6. The van der Waals surface area contributed by atoms with Crippen molar-refractivity contribution in [1.82, 2.24) is 10.6 Å². The van der Waals surface area contributed by atoms with Crippen LogP contribution in [0.3, 0.4) is 0 Å². The summed E-state index contributed by atoms with van der Waals surface area (Å²) in [7, 11) is 0. The van der Waals surface area contributed by atoms with E-state index in [-0.39, 0.29) is 25.8 Å². The fourth-order valence-corrected chi connectivity index (χ4v) is 1.56. The minimum absolute atomic E-state index is 0.0551. The number of urea groups is 1. The fourth-order valence-electron chi connectivity index (χ4n) is 1.56. The number of carboxylic acids is 1. The molecular formula is C12H22N2O5. The van der Waals surface area contributed by atoms with Crippen LogP contribution in [-0.2, 0) is 14.3 Å². The summed E-state index contributed by atoms with van der Waals surface area (Å²) in [5.41, 5.74) is -1.27. The molecule has 0 radical (unpaired) electrons. The third-order valence-electron chi connectivity index (χ3n) is 2.89. The normalized spacial score (nSPS) is 10.7. The van der Waals surface area contributed by atoms with Gasteiger partial charge in [-0.2, -0.15) is 0 Å². The largest absolute Gasteiger partial charge is 0.480 e. The van der Waals surface area contributed by atoms with Crippen molar-refractivity contribution in [3.05, 3.63) is 0 Å². The van der Waals surface area contributed by atoms with Crippen molar-refractivity contribution in [2.45, 2.75) is 45.6 Å². The number of amides is 2. The minimum atomic E-state index is -1.27. The van der Waals surface area contributed by atoms with Crippen LogP contribution in [0, 0.1) is 0 Å². The summed E-state index contributed by atoms with van der Waals surface area (Å²) in [6.45, 7) is 5.47. The number of carboxylic acid groups (broad SMARTS) is 1. The number of nitrogens with one attached hydrogen (secondary N) is 2. The number of rotatable bonds is 8. The lowest BCUT2D eigenvalue weighted by Crippen LogP contribution is -2.56. The zero-order valence-corrected chi connectivity index (χ0v) is 11.6. The standard InChI is InChI=1S/C12H22N2O5/c1-4-12(5-2,10(16)17)14-11(18)13-8-7-9(15)19-6-3/h4-8H2,1-3H3,(H,16,17)(H2,13,14,18). The molecule has 0 aromatic carbocycles. The van der Waals surface area contributed by atoms with E-state index in [4.69, 9.17) is 9.84 Å². The number of hydrogen-bond acceptors (Lipinski definition) is 4. The highest BCUT2D eigenvalue weighted by atomic mass is 16.5. The quantitative estimate of drug-likeness (QED) is 0.570. The van der Waals surface area contributed by atoms with Crippen LogP contribution in [0.1, 0.15) is 40.0 Å². The second kappa shape index (κ2) is 8.34. The summed E-state index contributed by atoms with van der Waals surface area (Å²) >= 11 is 0. The van der Waals surface area contributed by atoms with Crippen LogP contribution in [0.2, 0.25) is 0 Å². The van der Waals surface area contributed by atoms with Crippen LogP contribution >= 0.6 is 0 Å². The molecule has 0 aliphatic carbocycles. The number of hydrogen-bond donors (Lipinski definition) is 3. The summed E-state index contributed by atoms with van der Waals surface area (Å²) in [4.78, 5) is 33.8. The lowest BCUT2D eigenvalue weighted by molar-refractivity contribution is -0.145. The average molecular weight is 274 g/mol. The van der Waals surface area contributed by atoms with Crippen molar-refractivity contribution in [2.75, 3.05) is 13.2 Å². The maximum atomic E-state index is 11.6. The predicted octanol–water partition coefficient (Wildman–Crippen LogP) is 0.882. The van der Waals surface area contributed by atoms with Gasteiger partial charge in [0.05, 0.1) is 13.0 Å². The molecule has 0 aromatic rings. The summed E-state index contributed by atoms with van der Waals surface area (Å²) in [5, 5.41) is 14.0. The molecule has 7 nitrogen and oxygen atoms in total. The second-order valence-electron chi connectivity index (χ2n) is 4.03. The van der Waals surface area contributed by atoms with Crippen molar-refractivity contribution in [3.8, 4) is 0 Å². The van der Waals surface area contributed by atoms with Gasteiger partial charge in [0.2, 0.25) is 0 Å². The van der Waals surface area contributed by atoms with E-state index in [0.29, 0.717) is 6.61 Å². The first-order chi connectivity index (χ1) is 8.91. The number of carbonyl (C=O) groups excluding carboxylic acids is 2. The second-order valence-corrected chi connectivity index (χ2v) is 4.03. The smallest absolute Gasteiger partial charge is 0.329 e. The molecule has 2 amide bonds. The van der Waals surface area contributed by atoms with Gasteiger partial charge in [-0.1, -0.05) is 13.8 Å². The monoisotopic (exact) mass is 274 g/mol. The van der Waals surface area contributed by atoms with Crippen LogP contribution in [-0.4, -0.2) is 41.8 Å². The molecule has 19 heavy (non-hydrogen) atoms. The number of aliphatic carboxylic acids is 1. The number of ether oxygens (including phenoxy) is 1. The average Bonchev–Trinajstić information content (AvgIpc) is 2.36. The molecule has 0 aromatic heterocycles. The third-order valence-corrected chi connectivity index (χ3v) is 2.89. The number of esters is 1. The Morgan fingerprint density at radius 3 is 2.16 bits per heavy atom. The van der Waals surface area contributed by atoms with E-state index in [1.807, 2.05) is 0 Å². The Hall–Kier alpha value is -1.79. The van der Waals surface area contributed by atoms with Crippen molar-refractivity contribution in [1.29, 1.82) is 0 Å². The first-order valence-electron chi connectivity index (χ1n) is 6.36. The van der Waals surface area contributed by atoms with Gasteiger partial charge in [0, 0.05) is 6.54 Å². The summed E-state index contributed by atoms with van der Waals surface area (Å²) < 4.78 is 4.70. The molecule has 0 atom stereocenters. The van der Waals surface area contributed by atoms with Gasteiger partial charge in [-0.05, 0) is 19.8 Å². The molecule has 0 saturated heterocycles. The molecule has 0 spiro atoms. The Morgan fingerprint density at radius 1 is 1.16 bits per heavy atom. The predicted molar refractivity (Wildman–Crippen MR) is 68.7 cm³/mol. The van der Waals surface area contributed by atoms with Crippen LogP contribution in [0.5, 0.6) is 0 Å². The molecule has 0 fully saturated rings. The zero-order valence-electron chi connectivity index (χ0n) is 11.6. The van der Waals surface area contributed by atoms with Crippen molar-refractivity contribution in [2.24, 2.45) is 0 Å². The Balaban J connectivity index is 4.22. The first kappa shape index (κ1) is 17.2. The highest BCUT2D eigenvalue weighted by Gasteiger charge is 2.36. The van der Waals surface area contributed by atoms with E-state index in [2.05, 4.69) is 10.6 Å². The van der Waals surface area contributed by atoms with Crippen LogP contribution < -0.4 is 10.6 Å². The molecule has 0 aliphatic rings. The molecule has 0 rings (SSSR count). The SMILES string of the molecule is CCOC(=O)CCNC(=O)NC(CC)(CC)C(=O)O. The molecular weight excluding hydrogens is 252 g/mol. The van der Waals surface area contributed by atoms with Gasteiger partial charge in [0.15, 0.2) is 0 Å². The molecule has 0 aliphatic heterocycles. The van der Waals surface area contributed by atoms with E-state index >= 15 is 0 Å². The Morgan fingerprint density at radius 2 is 1.74 bits per heavy atom. The number of carbonyl (C=O) groups is 3. The summed E-state index contributed by atoms with van der Waals surface area (Å²) in [6.07, 6.45) is 0.619. The van der Waals surface area contributed by atoms with E-state index in [0.717, 1.165) is 0 Å². The van der Waals surface area contributed by atoms with Crippen molar-refractivity contribution in [3.63, 3.8) is 0 Å². The first-order valence-corrected chi connectivity index (χ1v) is 6.36. The highest BCUT2D eigenvalue weighted by Crippen LogP contribution is 2.14. The third kappa shape index (κ3) is 5.58. The van der Waals surface area contributed by atoms with Gasteiger partial charge in [0.1, 0.15) is 5.54 Å². The fraction of sp³-hybridized carbons (Fsp3) is 0.750. The van der Waals surface area contributed by atoms with Gasteiger partial charge < -0.3 is 20.5 Å². The van der Waals surface area contributed by atoms with Crippen molar-refractivity contribution < 1.29 is 24.2 Å². The maximum Gasteiger partial charge on any atom is 0.329 e. The molecule has 0 saturated carbocycles. The van der Waals surface area contributed by atoms with E-state index in [9.17, 15) is 14.4 Å². The van der Waals surface area contributed by atoms with Crippen LogP contribution in [0.15, 0.2) is 0 Å². The van der Waals surface area contributed by atoms with Crippen LogP contribution in [0.25, 0.3) is 0 Å². The topological polar surface area (TPSA) is 105 Å². The summed E-state index contributed by atoms with van der Waals surface area (Å²) in [6, 6.07) is -0.601. The lowest BCUT2D eigenvalue weighted by atomic mass is 9.93. The molecule has 0 unspecified atom stereocenters. The Kier molecular flexibility index (Phi) is 7.55. The molecule has 7 heteroatoms. The van der Waals surface area contributed by atoms with E-state index < -0.39 is 23.5 Å². The van der Waals surface area contributed by atoms with E-state index in [1.54, 1.807) is 20.8 Å². The van der Waals surface area contributed by atoms with Gasteiger partial charge in [-0.25, -0.2) is 9.59 Å². The minimum Gasteiger partial charge on any atom is -0.480 e. The Bertz CT molecular complexity index is 326. The lowest BCUT2D eigenvalue weighted by Gasteiger charge is -2.28. The van der Waals surface area contributed by atoms with Gasteiger partial charge in [-0.3, -0.25) is 4.79 Å². The molecule has 0 bridgehead atoms. The van der Waals surface area contributed by atoms with Gasteiger partial charge >= 0.3 is 18.0 Å². The summed E-state index contributed by atoms with van der Waals surface area (Å²) in [5.74, 6) is -1.48. The highest BCUT2D eigenvalue weighted by molar-refractivity contribution is 5.86. The van der Waals surface area contributed by atoms with Crippen molar-refractivity contribution >= 4 is 18.0 Å². The molecule has 3 N–H and O–H groups in total. The van der Waals surface area contributed by atoms with Crippen LogP contribution in [0.4, 0.5) is 4.79 Å². The zero-order chi connectivity index (χ0) is 14.9. The Labute approximate surface area is 112 Å². The van der Waals surface area contributed by atoms with Gasteiger partial charge in [-0.15, -0.1) is 0 Å². The van der Waals surface area contributed by atoms with E-state index in [1.165, 1.54) is 0 Å². The van der Waals surface area contributed by atoms with Gasteiger partial charge in [0.25, 0.3) is 0 Å².